The Hall–Kier alpha value is -3.05. The number of thiocarbonyl (C=S) groups is 1. The van der Waals surface area contributed by atoms with Crippen LogP contribution in [0.4, 0.5) is 5.69 Å². The molecule has 3 aromatic rings. The molecule has 0 fully saturated rings. The lowest BCUT2D eigenvalue weighted by atomic mass is 9.98. The number of fused-ring (bicyclic) bond motifs is 1. The Labute approximate surface area is 157 Å². The van der Waals surface area contributed by atoms with E-state index in [1.807, 2.05) is 48.5 Å². The molecular weight excluding hydrogens is 344 g/mol. The first-order valence-corrected chi connectivity index (χ1v) is 8.68. The molecule has 3 rings (SSSR count). The zero-order chi connectivity index (χ0) is 18.5. The van der Waals surface area contributed by atoms with E-state index in [1.165, 1.54) is 0 Å². The molecule has 3 aromatic carbocycles. The molecule has 0 bridgehead atoms. The fourth-order valence-electron chi connectivity index (χ4n) is 2.78. The maximum absolute atomic E-state index is 10.5. The number of anilines is 1. The second-order valence-electron chi connectivity index (χ2n) is 5.88. The third-order valence-corrected chi connectivity index (χ3v) is 4.39. The summed E-state index contributed by atoms with van der Waals surface area (Å²) in [7, 11) is 0. The quantitative estimate of drug-likeness (QED) is 0.404. The summed E-state index contributed by atoms with van der Waals surface area (Å²) in [5.41, 5.74) is 2.16. The van der Waals surface area contributed by atoms with E-state index in [0.29, 0.717) is 33.6 Å². The highest BCUT2D eigenvalue weighted by Gasteiger charge is 2.13. The van der Waals surface area contributed by atoms with Crippen LogP contribution in [0.1, 0.15) is 11.1 Å². The van der Waals surface area contributed by atoms with E-state index in [4.69, 9.17) is 12.2 Å². The molecule has 5 heteroatoms. The number of rotatable bonds is 4. The van der Waals surface area contributed by atoms with E-state index in [9.17, 15) is 10.2 Å². The summed E-state index contributed by atoms with van der Waals surface area (Å²) in [4.78, 5) is 0. The molecule has 0 heterocycles. The third kappa shape index (κ3) is 3.78. The highest BCUT2D eigenvalue weighted by molar-refractivity contribution is 7.80. The molecule has 132 valence electrons. The van der Waals surface area contributed by atoms with Crippen LogP contribution in [0.15, 0.2) is 60.7 Å². The van der Waals surface area contributed by atoms with Crippen LogP contribution >= 0.6 is 12.2 Å². The Morgan fingerprint density at radius 1 is 0.962 bits per heavy atom. The average molecular weight is 364 g/mol. The highest BCUT2D eigenvalue weighted by Crippen LogP contribution is 2.39. The molecule has 0 unspecified atom stereocenters. The standard InChI is InChI=1S/C21H20N2O2S/c1-14-16(20(25)18-11-6-5-10-17(18)19(14)24)12-7-13-22-21(26)23-15-8-3-2-4-9-15/h2-12,24-25H,13H2,1H3,(H2,22,23,26)/b12-7-. The number of phenolic OH excluding ortho intramolecular Hbond substituents is 2. The van der Waals surface area contributed by atoms with Gasteiger partial charge in [0, 0.05) is 34.1 Å². The normalized spacial score (nSPS) is 11.0. The van der Waals surface area contributed by atoms with E-state index < -0.39 is 0 Å². The summed E-state index contributed by atoms with van der Waals surface area (Å²) < 4.78 is 0. The minimum Gasteiger partial charge on any atom is -0.507 e. The van der Waals surface area contributed by atoms with Crippen molar-refractivity contribution in [3.63, 3.8) is 0 Å². The summed E-state index contributed by atoms with van der Waals surface area (Å²) in [6.07, 6.45) is 3.64. The molecule has 0 atom stereocenters. The predicted octanol–water partition coefficient (Wildman–Crippen LogP) is 4.56. The first kappa shape index (κ1) is 17.8. The molecule has 0 aliphatic heterocycles. The van der Waals surface area contributed by atoms with E-state index in [1.54, 1.807) is 25.1 Å². The van der Waals surface area contributed by atoms with Crippen LogP contribution in [0.5, 0.6) is 11.5 Å². The molecule has 0 aromatic heterocycles. The summed E-state index contributed by atoms with van der Waals surface area (Å²) in [5.74, 6) is 0.351. The molecule has 0 saturated carbocycles. The Morgan fingerprint density at radius 3 is 2.27 bits per heavy atom. The van der Waals surface area contributed by atoms with Gasteiger partial charge in [0.15, 0.2) is 5.11 Å². The highest BCUT2D eigenvalue weighted by atomic mass is 32.1. The smallest absolute Gasteiger partial charge is 0.171 e. The monoisotopic (exact) mass is 364 g/mol. The van der Waals surface area contributed by atoms with Crippen molar-refractivity contribution in [2.75, 3.05) is 11.9 Å². The molecule has 0 radical (unpaired) electrons. The minimum absolute atomic E-state index is 0.164. The van der Waals surface area contributed by atoms with Gasteiger partial charge < -0.3 is 20.8 Å². The average Bonchev–Trinajstić information content (AvgIpc) is 2.66. The minimum atomic E-state index is 0.164. The van der Waals surface area contributed by atoms with Crippen molar-refractivity contribution in [1.82, 2.24) is 5.32 Å². The Morgan fingerprint density at radius 2 is 1.58 bits per heavy atom. The van der Waals surface area contributed by atoms with Crippen LogP contribution in [-0.2, 0) is 0 Å². The van der Waals surface area contributed by atoms with Gasteiger partial charge in [-0.05, 0) is 31.3 Å². The van der Waals surface area contributed by atoms with Crippen molar-refractivity contribution >= 4 is 39.9 Å². The molecule has 0 aliphatic carbocycles. The molecule has 4 N–H and O–H groups in total. The number of nitrogens with one attached hydrogen (secondary N) is 2. The first-order valence-electron chi connectivity index (χ1n) is 8.27. The number of hydrogen-bond donors (Lipinski definition) is 4. The molecular formula is C21H20N2O2S. The van der Waals surface area contributed by atoms with Crippen molar-refractivity contribution in [2.45, 2.75) is 6.92 Å². The topological polar surface area (TPSA) is 64.5 Å². The number of benzene rings is 3. The lowest BCUT2D eigenvalue weighted by molar-refractivity contribution is 0.465. The zero-order valence-corrected chi connectivity index (χ0v) is 15.2. The van der Waals surface area contributed by atoms with Gasteiger partial charge in [-0.3, -0.25) is 0 Å². The van der Waals surface area contributed by atoms with Crippen LogP contribution in [0.25, 0.3) is 16.8 Å². The van der Waals surface area contributed by atoms with Crippen LogP contribution in [0.2, 0.25) is 0 Å². The fraction of sp³-hybridized carbons (Fsp3) is 0.0952. The number of hydrogen-bond acceptors (Lipinski definition) is 3. The van der Waals surface area contributed by atoms with Crippen LogP contribution in [0, 0.1) is 6.92 Å². The molecule has 0 saturated heterocycles. The van der Waals surface area contributed by atoms with E-state index in [-0.39, 0.29) is 11.5 Å². The van der Waals surface area contributed by atoms with Gasteiger partial charge in [-0.2, -0.15) is 0 Å². The Balaban J connectivity index is 1.70. The van der Waals surface area contributed by atoms with Crippen molar-refractivity contribution in [3.05, 3.63) is 71.8 Å². The summed E-state index contributed by atoms with van der Waals surface area (Å²) >= 11 is 5.26. The summed E-state index contributed by atoms with van der Waals surface area (Å²) in [6.45, 7) is 2.28. The van der Waals surface area contributed by atoms with Crippen LogP contribution < -0.4 is 10.6 Å². The van der Waals surface area contributed by atoms with Crippen molar-refractivity contribution in [2.24, 2.45) is 0 Å². The number of para-hydroxylation sites is 1. The maximum atomic E-state index is 10.5. The molecule has 4 nitrogen and oxygen atoms in total. The van der Waals surface area contributed by atoms with Crippen LogP contribution in [-0.4, -0.2) is 21.9 Å². The van der Waals surface area contributed by atoms with E-state index in [0.717, 1.165) is 5.69 Å². The van der Waals surface area contributed by atoms with Crippen molar-refractivity contribution in [3.8, 4) is 11.5 Å². The molecule has 26 heavy (non-hydrogen) atoms. The second kappa shape index (κ2) is 7.89. The van der Waals surface area contributed by atoms with Gasteiger partial charge in [-0.25, -0.2) is 0 Å². The van der Waals surface area contributed by atoms with E-state index in [2.05, 4.69) is 10.6 Å². The Kier molecular flexibility index (Phi) is 5.39. The van der Waals surface area contributed by atoms with Crippen molar-refractivity contribution in [1.29, 1.82) is 0 Å². The maximum Gasteiger partial charge on any atom is 0.171 e. The summed E-state index contributed by atoms with van der Waals surface area (Å²) in [6, 6.07) is 16.9. The third-order valence-electron chi connectivity index (χ3n) is 4.15. The van der Waals surface area contributed by atoms with E-state index >= 15 is 0 Å². The molecule has 0 amide bonds. The Bertz CT molecular complexity index is 969. The van der Waals surface area contributed by atoms with Crippen molar-refractivity contribution < 1.29 is 10.2 Å². The van der Waals surface area contributed by atoms with Crippen LogP contribution in [0.3, 0.4) is 0 Å². The lowest BCUT2D eigenvalue weighted by Crippen LogP contribution is -2.28. The second-order valence-corrected chi connectivity index (χ2v) is 6.29. The fourth-order valence-corrected chi connectivity index (χ4v) is 2.98. The van der Waals surface area contributed by atoms with Gasteiger partial charge in [0.1, 0.15) is 11.5 Å². The molecule has 0 spiro atoms. The summed E-state index contributed by atoms with van der Waals surface area (Å²) in [5, 5.41) is 28.9. The van der Waals surface area contributed by atoms with Gasteiger partial charge in [0.05, 0.1) is 0 Å². The van der Waals surface area contributed by atoms with Gasteiger partial charge in [0.2, 0.25) is 0 Å². The SMILES string of the molecule is Cc1c(/C=C\CNC(=S)Nc2ccccc2)c(O)c2ccccc2c1O. The van der Waals surface area contributed by atoms with Gasteiger partial charge in [0.25, 0.3) is 0 Å². The zero-order valence-electron chi connectivity index (χ0n) is 14.4. The lowest BCUT2D eigenvalue weighted by Gasteiger charge is -2.12. The van der Waals surface area contributed by atoms with Gasteiger partial charge in [-0.1, -0.05) is 54.6 Å². The van der Waals surface area contributed by atoms with Gasteiger partial charge in [-0.15, -0.1) is 0 Å². The van der Waals surface area contributed by atoms with Gasteiger partial charge >= 0.3 is 0 Å². The first-order chi connectivity index (χ1) is 12.6. The largest absolute Gasteiger partial charge is 0.507 e. The predicted molar refractivity (Wildman–Crippen MR) is 112 cm³/mol. The number of phenols is 2. The number of aromatic hydroxyl groups is 2. The molecule has 0 aliphatic rings.